The zero-order chi connectivity index (χ0) is 19.2. The topological polar surface area (TPSA) is 55.5 Å². The largest absolute Gasteiger partial charge is 0.361 e. The van der Waals surface area contributed by atoms with E-state index in [0.717, 1.165) is 49.1 Å². The first-order valence-corrected chi connectivity index (χ1v) is 10.5. The molecule has 5 nitrogen and oxygen atoms in total. The minimum Gasteiger partial charge on any atom is -0.361 e. The number of fused-ring (bicyclic) bond motifs is 1. The standard InChI is InChI=1S/C21H32ClN5.HI/c1-4-23-21(26-18-8-11-27(12-9-18)15(2)3)24-10-7-16-14-25-20-6-5-17(22)13-19(16)20;/h5-6,13-15,18,25H,4,7-12H2,1-3H3,(H2,23,24,26);1H. The molecule has 0 spiro atoms. The highest BCUT2D eigenvalue weighted by atomic mass is 127. The molecule has 0 atom stereocenters. The van der Waals surface area contributed by atoms with Gasteiger partial charge in [-0.15, -0.1) is 24.0 Å². The number of rotatable bonds is 6. The minimum atomic E-state index is 0. The molecule has 3 N–H and O–H groups in total. The molecule has 0 aliphatic carbocycles. The third-order valence-corrected chi connectivity index (χ3v) is 5.56. The lowest BCUT2D eigenvalue weighted by Gasteiger charge is -2.35. The lowest BCUT2D eigenvalue weighted by molar-refractivity contribution is 0.167. The number of aromatic nitrogens is 1. The van der Waals surface area contributed by atoms with Crippen molar-refractivity contribution in [3.63, 3.8) is 0 Å². The first-order chi connectivity index (χ1) is 13.1. The fourth-order valence-corrected chi connectivity index (χ4v) is 3.89. The van der Waals surface area contributed by atoms with Crippen molar-refractivity contribution in [2.24, 2.45) is 4.99 Å². The van der Waals surface area contributed by atoms with Crippen LogP contribution < -0.4 is 10.6 Å². The molecule has 28 heavy (non-hydrogen) atoms. The van der Waals surface area contributed by atoms with Crippen molar-refractivity contribution in [1.29, 1.82) is 0 Å². The summed E-state index contributed by atoms with van der Waals surface area (Å²) in [5.74, 6) is 0.929. The Bertz CT molecular complexity index is 765. The second kappa shape index (κ2) is 11.3. The van der Waals surface area contributed by atoms with Crippen LogP contribution in [0.4, 0.5) is 0 Å². The Labute approximate surface area is 190 Å². The van der Waals surface area contributed by atoms with E-state index in [2.05, 4.69) is 47.5 Å². The number of aliphatic imine (C=N–C) groups is 1. The maximum Gasteiger partial charge on any atom is 0.191 e. The van der Waals surface area contributed by atoms with Gasteiger partial charge in [0.2, 0.25) is 0 Å². The molecule has 2 heterocycles. The van der Waals surface area contributed by atoms with Gasteiger partial charge in [-0.1, -0.05) is 11.6 Å². The van der Waals surface area contributed by atoms with Gasteiger partial charge in [0.1, 0.15) is 0 Å². The molecule has 1 aliphatic heterocycles. The number of nitrogens with zero attached hydrogens (tertiary/aromatic N) is 2. The van der Waals surface area contributed by atoms with Crippen LogP contribution in [0.1, 0.15) is 39.2 Å². The van der Waals surface area contributed by atoms with Crippen molar-refractivity contribution >= 4 is 52.4 Å². The molecule has 7 heteroatoms. The highest BCUT2D eigenvalue weighted by Crippen LogP contribution is 2.22. The van der Waals surface area contributed by atoms with E-state index in [1.807, 2.05) is 18.2 Å². The Morgan fingerprint density at radius 1 is 1.32 bits per heavy atom. The van der Waals surface area contributed by atoms with Crippen molar-refractivity contribution in [2.45, 2.75) is 52.1 Å². The van der Waals surface area contributed by atoms with E-state index in [-0.39, 0.29) is 24.0 Å². The van der Waals surface area contributed by atoms with Crippen LogP contribution in [0.15, 0.2) is 29.4 Å². The van der Waals surface area contributed by atoms with E-state index in [1.54, 1.807) is 0 Å². The van der Waals surface area contributed by atoms with Crippen LogP contribution in [0.5, 0.6) is 0 Å². The van der Waals surface area contributed by atoms with Gasteiger partial charge in [-0.2, -0.15) is 0 Å². The second-order valence-electron chi connectivity index (χ2n) is 7.56. The van der Waals surface area contributed by atoms with Crippen LogP contribution in [-0.4, -0.2) is 54.1 Å². The van der Waals surface area contributed by atoms with E-state index < -0.39 is 0 Å². The van der Waals surface area contributed by atoms with Crippen LogP contribution in [0, 0.1) is 0 Å². The molecule has 1 aromatic carbocycles. The molecule has 0 amide bonds. The molecule has 1 aromatic heterocycles. The first-order valence-electron chi connectivity index (χ1n) is 10.1. The number of H-pyrrole nitrogens is 1. The lowest BCUT2D eigenvalue weighted by Crippen LogP contribution is -2.49. The summed E-state index contributed by atoms with van der Waals surface area (Å²) in [6.45, 7) is 10.6. The number of piperidine rings is 1. The molecule has 156 valence electrons. The summed E-state index contributed by atoms with van der Waals surface area (Å²) in [5, 5.41) is 8.98. The summed E-state index contributed by atoms with van der Waals surface area (Å²) in [4.78, 5) is 10.7. The Morgan fingerprint density at radius 2 is 2.07 bits per heavy atom. The van der Waals surface area contributed by atoms with Crippen molar-refractivity contribution in [1.82, 2.24) is 20.5 Å². The van der Waals surface area contributed by atoms with Crippen LogP contribution >= 0.6 is 35.6 Å². The zero-order valence-electron chi connectivity index (χ0n) is 17.1. The third-order valence-electron chi connectivity index (χ3n) is 5.33. The van der Waals surface area contributed by atoms with Crippen molar-refractivity contribution < 1.29 is 0 Å². The number of halogens is 2. The molecule has 2 aromatic rings. The maximum atomic E-state index is 6.15. The molecule has 1 aliphatic rings. The van der Waals surface area contributed by atoms with Crippen LogP contribution in [-0.2, 0) is 6.42 Å². The van der Waals surface area contributed by atoms with Crippen LogP contribution in [0.25, 0.3) is 10.9 Å². The summed E-state index contributed by atoms with van der Waals surface area (Å²) in [5.41, 5.74) is 2.39. The number of hydrogen-bond donors (Lipinski definition) is 3. The molecule has 0 unspecified atom stereocenters. The molecule has 3 rings (SSSR count). The van der Waals surface area contributed by atoms with Gasteiger partial charge in [-0.3, -0.25) is 4.99 Å². The van der Waals surface area contributed by atoms with Gasteiger partial charge < -0.3 is 20.5 Å². The number of guanidine groups is 1. The molecular weight excluding hydrogens is 485 g/mol. The molecule has 0 saturated carbocycles. The normalized spacial score (nSPS) is 16.4. The highest BCUT2D eigenvalue weighted by molar-refractivity contribution is 14.0. The molecule has 1 saturated heterocycles. The Balaban J connectivity index is 0.00000280. The number of benzene rings is 1. The van der Waals surface area contributed by atoms with E-state index in [4.69, 9.17) is 16.6 Å². The van der Waals surface area contributed by atoms with Gasteiger partial charge in [-0.05, 0) is 63.8 Å². The predicted molar refractivity (Wildman–Crippen MR) is 131 cm³/mol. The molecule has 1 fully saturated rings. The molecule has 0 radical (unpaired) electrons. The van der Waals surface area contributed by atoms with E-state index in [1.165, 1.54) is 23.8 Å². The highest BCUT2D eigenvalue weighted by Gasteiger charge is 2.21. The Morgan fingerprint density at radius 3 is 2.75 bits per heavy atom. The molecular formula is C21H33ClIN5. The fourth-order valence-electron chi connectivity index (χ4n) is 3.72. The van der Waals surface area contributed by atoms with Crippen LogP contribution in [0.2, 0.25) is 5.02 Å². The quantitative estimate of drug-likeness (QED) is 0.302. The summed E-state index contributed by atoms with van der Waals surface area (Å²) >= 11 is 6.15. The van der Waals surface area contributed by atoms with E-state index in [9.17, 15) is 0 Å². The van der Waals surface area contributed by atoms with Crippen molar-refractivity contribution in [3.05, 3.63) is 35.0 Å². The monoisotopic (exact) mass is 517 g/mol. The number of aromatic amines is 1. The second-order valence-corrected chi connectivity index (χ2v) is 8.00. The number of likely N-dealkylation sites (tertiary alicyclic amines) is 1. The van der Waals surface area contributed by atoms with E-state index >= 15 is 0 Å². The van der Waals surface area contributed by atoms with Gasteiger partial charge in [0, 0.05) is 60.4 Å². The average molecular weight is 518 g/mol. The number of nitrogens with one attached hydrogen (secondary N) is 3. The first kappa shape index (κ1) is 23.3. The summed E-state index contributed by atoms with van der Waals surface area (Å²) in [6, 6.07) is 7.11. The zero-order valence-corrected chi connectivity index (χ0v) is 20.2. The SMILES string of the molecule is CCNC(=NCCc1c[nH]c2ccc(Cl)cc12)NC1CCN(C(C)C)CC1.I. The number of hydrogen-bond acceptors (Lipinski definition) is 2. The van der Waals surface area contributed by atoms with Crippen LogP contribution in [0.3, 0.4) is 0 Å². The fraction of sp³-hybridized carbons (Fsp3) is 0.571. The van der Waals surface area contributed by atoms with E-state index in [0.29, 0.717) is 12.1 Å². The maximum absolute atomic E-state index is 6.15. The van der Waals surface area contributed by atoms with Gasteiger partial charge >= 0.3 is 0 Å². The molecule has 0 bridgehead atoms. The average Bonchev–Trinajstić information content (AvgIpc) is 3.04. The predicted octanol–water partition coefficient (Wildman–Crippen LogP) is 4.41. The Hall–Kier alpha value is -0.990. The van der Waals surface area contributed by atoms with Gasteiger partial charge in [0.25, 0.3) is 0 Å². The third kappa shape index (κ3) is 6.26. The Kier molecular flexibility index (Phi) is 9.37. The minimum absolute atomic E-state index is 0. The summed E-state index contributed by atoms with van der Waals surface area (Å²) in [7, 11) is 0. The smallest absolute Gasteiger partial charge is 0.191 e. The summed E-state index contributed by atoms with van der Waals surface area (Å²) in [6.07, 6.45) is 5.30. The van der Waals surface area contributed by atoms with Crippen molar-refractivity contribution in [2.75, 3.05) is 26.2 Å². The van der Waals surface area contributed by atoms with Gasteiger partial charge in [-0.25, -0.2) is 0 Å². The summed E-state index contributed by atoms with van der Waals surface area (Å²) < 4.78 is 0. The van der Waals surface area contributed by atoms with Gasteiger partial charge in [0.05, 0.1) is 0 Å². The lowest BCUT2D eigenvalue weighted by atomic mass is 10.0. The van der Waals surface area contributed by atoms with Crippen molar-refractivity contribution in [3.8, 4) is 0 Å². The van der Waals surface area contributed by atoms with Gasteiger partial charge in [0.15, 0.2) is 5.96 Å².